The van der Waals surface area contributed by atoms with E-state index in [2.05, 4.69) is 12.2 Å². The van der Waals surface area contributed by atoms with Crippen LogP contribution in [0, 0.1) is 0 Å². The molecule has 108 valence electrons. The molecule has 1 rings (SSSR count). The standard InChI is InChI=1S/C15H24ClNO2/c1-4-6-7-8-17-11-12-9-13(16)15(19-5-2)14(10-12)18-3/h9-10,17H,4-8,11H2,1-3H3. The second-order valence-electron chi connectivity index (χ2n) is 4.43. The molecule has 0 heterocycles. The predicted molar refractivity (Wildman–Crippen MR) is 80.4 cm³/mol. The Bertz CT molecular complexity index is 383. The molecule has 0 spiro atoms. The molecule has 0 bridgehead atoms. The molecule has 3 nitrogen and oxygen atoms in total. The van der Waals surface area contributed by atoms with Crippen molar-refractivity contribution in [3.8, 4) is 11.5 Å². The summed E-state index contributed by atoms with van der Waals surface area (Å²) in [6.07, 6.45) is 3.71. The van der Waals surface area contributed by atoms with Crippen molar-refractivity contribution in [1.82, 2.24) is 5.32 Å². The Balaban J connectivity index is 2.62. The zero-order valence-electron chi connectivity index (χ0n) is 12.1. The van der Waals surface area contributed by atoms with Crippen LogP contribution >= 0.6 is 11.6 Å². The van der Waals surface area contributed by atoms with Gasteiger partial charge >= 0.3 is 0 Å². The van der Waals surface area contributed by atoms with Crippen molar-refractivity contribution in [2.45, 2.75) is 39.7 Å². The van der Waals surface area contributed by atoms with Crippen LogP contribution in [0.15, 0.2) is 12.1 Å². The number of hydrogen-bond acceptors (Lipinski definition) is 3. The maximum atomic E-state index is 6.22. The molecule has 1 N–H and O–H groups in total. The van der Waals surface area contributed by atoms with E-state index in [-0.39, 0.29) is 0 Å². The highest BCUT2D eigenvalue weighted by molar-refractivity contribution is 6.32. The normalized spacial score (nSPS) is 10.5. The molecule has 1 aromatic carbocycles. The molecule has 0 unspecified atom stereocenters. The van der Waals surface area contributed by atoms with E-state index in [9.17, 15) is 0 Å². The molecule has 0 amide bonds. The monoisotopic (exact) mass is 285 g/mol. The van der Waals surface area contributed by atoms with Gasteiger partial charge in [0.2, 0.25) is 0 Å². The molecule has 0 saturated heterocycles. The van der Waals surface area contributed by atoms with Crippen LogP contribution in [0.2, 0.25) is 5.02 Å². The minimum atomic E-state index is 0.574. The fourth-order valence-electron chi connectivity index (χ4n) is 1.89. The van der Waals surface area contributed by atoms with Crippen LogP contribution in [0.1, 0.15) is 38.7 Å². The van der Waals surface area contributed by atoms with Gasteiger partial charge in [0.1, 0.15) is 0 Å². The molecule has 1 aromatic rings. The Morgan fingerprint density at radius 2 is 2.00 bits per heavy atom. The van der Waals surface area contributed by atoms with Gasteiger partial charge in [-0.15, -0.1) is 0 Å². The Morgan fingerprint density at radius 3 is 2.63 bits per heavy atom. The molecule has 0 aromatic heterocycles. The van der Waals surface area contributed by atoms with Crippen molar-refractivity contribution in [2.75, 3.05) is 20.3 Å². The smallest absolute Gasteiger partial charge is 0.179 e. The van der Waals surface area contributed by atoms with Gasteiger partial charge in [-0.2, -0.15) is 0 Å². The van der Waals surface area contributed by atoms with Gasteiger partial charge in [0.25, 0.3) is 0 Å². The van der Waals surface area contributed by atoms with Crippen molar-refractivity contribution in [1.29, 1.82) is 0 Å². The summed E-state index contributed by atoms with van der Waals surface area (Å²) in [5, 5.41) is 4.01. The van der Waals surface area contributed by atoms with Gasteiger partial charge < -0.3 is 14.8 Å². The third kappa shape index (κ3) is 5.29. The van der Waals surface area contributed by atoms with Gasteiger partial charge in [0, 0.05) is 6.54 Å². The van der Waals surface area contributed by atoms with Gasteiger partial charge in [0.05, 0.1) is 18.7 Å². The van der Waals surface area contributed by atoms with E-state index in [1.54, 1.807) is 7.11 Å². The Morgan fingerprint density at radius 1 is 1.21 bits per heavy atom. The van der Waals surface area contributed by atoms with E-state index in [4.69, 9.17) is 21.1 Å². The topological polar surface area (TPSA) is 30.5 Å². The first-order valence-corrected chi connectivity index (χ1v) is 7.30. The Kier molecular flexibility index (Phi) is 7.68. The van der Waals surface area contributed by atoms with E-state index in [0.29, 0.717) is 23.1 Å². The van der Waals surface area contributed by atoms with Gasteiger partial charge in [-0.3, -0.25) is 0 Å². The Labute approximate surface area is 121 Å². The fraction of sp³-hybridized carbons (Fsp3) is 0.600. The lowest BCUT2D eigenvalue weighted by molar-refractivity contribution is 0.311. The Hall–Kier alpha value is -0.930. The zero-order valence-corrected chi connectivity index (χ0v) is 12.8. The first-order chi connectivity index (χ1) is 9.22. The van der Waals surface area contributed by atoms with Crippen LogP contribution in [-0.4, -0.2) is 20.3 Å². The number of ether oxygens (including phenoxy) is 2. The third-order valence-electron chi connectivity index (χ3n) is 2.86. The van der Waals surface area contributed by atoms with Crippen molar-refractivity contribution in [3.05, 3.63) is 22.7 Å². The van der Waals surface area contributed by atoms with Crippen molar-refractivity contribution >= 4 is 11.6 Å². The van der Waals surface area contributed by atoms with E-state index in [1.807, 2.05) is 19.1 Å². The van der Waals surface area contributed by atoms with Gasteiger partial charge in [-0.1, -0.05) is 31.4 Å². The molecule has 0 fully saturated rings. The van der Waals surface area contributed by atoms with Gasteiger partial charge in [0.15, 0.2) is 11.5 Å². The average Bonchev–Trinajstić information content (AvgIpc) is 2.41. The first kappa shape index (κ1) is 16.1. The first-order valence-electron chi connectivity index (χ1n) is 6.92. The minimum absolute atomic E-state index is 0.574. The number of halogens is 1. The summed E-state index contributed by atoms with van der Waals surface area (Å²) in [5.41, 5.74) is 1.11. The van der Waals surface area contributed by atoms with Gasteiger partial charge in [-0.25, -0.2) is 0 Å². The second-order valence-corrected chi connectivity index (χ2v) is 4.83. The van der Waals surface area contributed by atoms with Crippen LogP contribution < -0.4 is 14.8 Å². The average molecular weight is 286 g/mol. The second kappa shape index (κ2) is 9.05. The number of benzene rings is 1. The van der Waals surface area contributed by atoms with Crippen molar-refractivity contribution in [2.24, 2.45) is 0 Å². The lowest BCUT2D eigenvalue weighted by Gasteiger charge is -2.13. The zero-order chi connectivity index (χ0) is 14.1. The highest BCUT2D eigenvalue weighted by atomic mass is 35.5. The molecule has 4 heteroatoms. The quantitative estimate of drug-likeness (QED) is 0.695. The molecule has 0 atom stereocenters. The summed E-state index contributed by atoms with van der Waals surface area (Å²) in [6.45, 7) is 6.54. The highest BCUT2D eigenvalue weighted by Gasteiger charge is 2.11. The summed E-state index contributed by atoms with van der Waals surface area (Å²) in [6, 6.07) is 3.91. The number of hydrogen-bond donors (Lipinski definition) is 1. The number of nitrogens with one attached hydrogen (secondary N) is 1. The molecule has 19 heavy (non-hydrogen) atoms. The van der Waals surface area contributed by atoms with E-state index < -0.39 is 0 Å². The largest absolute Gasteiger partial charge is 0.493 e. The maximum absolute atomic E-state index is 6.22. The fourth-order valence-corrected chi connectivity index (χ4v) is 2.18. The predicted octanol–water partition coefficient (Wildman–Crippen LogP) is 4.03. The van der Waals surface area contributed by atoms with Crippen LogP contribution in [0.4, 0.5) is 0 Å². The number of methoxy groups -OCH3 is 1. The molecular formula is C15H24ClNO2. The third-order valence-corrected chi connectivity index (χ3v) is 3.14. The van der Waals surface area contributed by atoms with Crippen molar-refractivity contribution in [3.63, 3.8) is 0 Å². The number of unbranched alkanes of at least 4 members (excludes halogenated alkanes) is 2. The highest BCUT2D eigenvalue weighted by Crippen LogP contribution is 2.36. The molecule has 0 saturated carbocycles. The molecular weight excluding hydrogens is 262 g/mol. The molecule has 0 aliphatic heterocycles. The molecule has 0 radical (unpaired) electrons. The maximum Gasteiger partial charge on any atom is 0.179 e. The summed E-state index contributed by atoms with van der Waals surface area (Å²) < 4.78 is 10.8. The SMILES string of the molecule is CCCCCNCc1cc(Cl)c(OCC)c(OC)c1. The van der Waals surface area contributed by atoms with Crippen LogP contribution in [0.25, 0.3) is 0 Å². The lowest BCUT2D eigenvalue weighted by atomic mass is 10.2. The summed E-state index contributed by atoms with van der Waals surface area (Å²) in [7, 11) is 1.63. The van der Waals surface area contributed by atoms with Crippen molar-refractivity contribution < 1.29 is 9.47 Å². The number of rotatable bonds is 9. The van der Waals surface area contributed by atoms with E-state index in [0.717, 1.165) is 18.7 Å². The van der Waals surface area contributed by atoms with Crippen LogP contribution in [-0.2, 0) is 6.54 Å². The van der Waals surface area contributed by atoms with Crippen LogP contribution in [0.5, 0.6) is 11.5 Å². The van der Waals surface area contributed by atoms with E-state index >= 15 is 0 Å². The summed E-state index contributed by atoms with van der Waals surface area (Å²) in [4.78, 5) is 0. The van der Waals surface area contributed by atoms with Gasteiger partial charge in [-0.05, 0) is 37.6 Å². The summed E-state index contributed by atoms with van der Waals surface area (Å²) in [5.74, 6) is 1.32. The lowest BCUT2D eigenvalue weighted by Crippen LogP contribution is -2.14. The minimum Gasteiger partial charge on any atom is -0.493 e. The van der Waals surface area contributed by atoms with Crippen LogP contribution in [0.3, 0.4) is 0 Å². The molecule has 0 aliphatic carbocycles. The van der Waals surface area contributed by atoms with E-state index in [1.165, 1.54) is 19.3 Å². The molecule has 0 aliphatic rings. The summed E-state index contributed by atoms with van der Waals surface area (Å²) >= 11 is 6.22.